The maximum atomic E-state index is 8.82. The van der Waals surface area contributed by atoms with Crippen LogP contribution < -0.4 is 10.6 Å². The van der Waals surface area contributed by atoms with Gasteiger partial charge in [0.25, 0.3) is 0 Å². The molecule has 0 radical (unpaired) electrons. The highest BCUT2D eigenvalue weighted by Gasteiger charge is 2.20. The molecule has 0 aromatic heterocycles. The van der Waals surface area contributed by atoms with E-state index < -0.39 is 0 Å². The van der Waals surface area contributed by atoms with Gasteiger partial charge in [-0.25, -0.2) is 0 Å². The van der Waals surface area contributed by atoms with Crippen molar-refractivity contribution >= 4 is 5.96 Å². The van der Waals surface area contributed by atoms with E-state index in [2.05, 4.69) is 29.5 Å². The van der Waals surface area contributed by atoms with Crippen molar-refractivity contribution in [1.82, 2.24) is 10.6 Å². The van der Waals surface area contributed by atoms with Crippen LogP contribution >= 0.6 is 0 Å². The Labute approximate surface area is 111 Å². The second-order valence-electron chi connectivity index (χ2n) is 5.13. The first-order chi connectivity index (χ1) is 8.80. The number of aliphatic hydroxyl groups is 1. The monoisotopic (exact) mass is 255 g/mol. The van der Waals surface area contributed by atoms with E-state index in [1.807, 2.05) is 0 Å². The third-order valence-corrected chi connectivity index (χ3v) is 3.60. The summed E-state index contributed by atoms with van der Waals surface area (Å²) in [5.74, 6) is 1.79. The molecule has 0 saturated heterocycles. The quantitative estimate of drug-likeness (QED) is 0.502. The molecule has 4 nitrogen and oxygen atoms in total. The van der Waals surface area contributed by atoms with Crippen molar-refractivity contribution in [3.63, 3.8) is 0 Å². The number of hydrogen-bond donors (Lipinski definition) is 3. The summed E-state index contributed by atoms with van der Waals surface area (Å²) in [5, 5.41) is 15.5. The fourth-order valence-corrected chi connectivity index (χ4v) is 2.68. The molecule has 106 valence electrons. The molecule has 1 rings (SSSR count). The average molecular weight is 255 g/mol. The lowest BCUT2D eigenvalue weighted by molar-refractivity contribution is 0.293. The molecule has 0 heterocycles. The third-order valence-electron chi connectivity index (χ3n) is 3.60. The number of hydrogen-bond acceptors (Lipinski definition) is 2. The normalized spacial score (nSPS) is 24.9. The molecular weight excluding hydrogens is 226 g/mol. The van der Waals surface area contributed by atoms with Gasteiger partial charge in [0.15, 0.2) is 5.96 Å². The van der Waals surface area contributed by atoms with Crippen molar-refractivity contribution in [3.05, 3.63) is 0 Å². The molecule has 0 atom stereocenters. The fraction of sp³-hybridized carbons (Fsp3) is 0.929. The predicted molar refractivity (Wildman–Crippen MR) is 76.9 cm³/mol. The van der Waals surface area contributed by atoms with Gasteiger partial charge in [0.1, 0.15) is 0 Å². The first-order valence-corrected chi connectivity index (χ1v) is 7.45. The predicted octanol–water partition coefficient (Wildman–Crippen LogP) is 1.89. The lowest BCUT2D eigenvalue weighted by Crippen LogP contribution is -2.45. The van der Waals surface area contributed by atoms with Crippen molar-refractivity contribution in [2.75, 3.05) is 19.7 Å². The molecule has 0 aromatic carbocycles. The minimum atomic E-state index is 0.111. The molecule has 1 fully saturated rings. The summed E-state index contributed by atoms with van der Waals surface area (Å²) in [6.07, 6.45) is 7.85. The summed E-state index contributed by atoms with van der Waals surface area (Å²) in [6.45, 7) is 5.78. The van der Waals surface area contributed by atoms with Gasteiger partial charge in [-0.1, -0.05) is 19.8 Å². The molecule has 0 aliphatic heterocycles. The fourth-order valence-electron chi connectivity index (χ4n) is 2.68. The molecular formula is C14H29N3O. The summed E-state index contributed by atoms with van der Waals surface area (Å²) >= 11 is 0. The molecule has 1 aliphatic rings. The molecule has 0 unspecified atom stereocenters. The van der Waals surface area contributed by atoms with Gasteiger partial charge in [-0.3, -0.25) is 4.99 Å². The van der Waals surface area contributed by atoms with Crippen LogP contribution in [0.3, 0.4) is 0 Å². The van der Waals surface area contributed by atoms with E-state index in [1.54, 1.807) is 0 Å². The van der Waals surface area contributed by atoms with Crippen LogP contribution in [-0.4, -0.2) is 36.8 Å². The molecule has 18 heavy (non-hydrogen) atoms. The van der Waals surface area contributed by atoms with Crippen LogP contribution in [0.2, 0.25) is 0 Å². The van der Waals surface area contributed by atoms with Gasteiger partial charge < -0.3 is 15.7 Å². The number of nitrogens with zero attached hydrogens (tertiary/aromatic N) is 1. The Morgan fingerprint density at radius 3 is 2.50 bits per heavy atom. The molecule has 0 aromatic rings. The first-order valence-electron chi connectivity index (χ1n) is 7.45. The Morgan fingerprint density at radius 1 is 1.22 bits per heavy atom. The Hall–Kier alpha value is -0.770. The van der Waals surface area contributed by atoms with Crippen molar-refractivity contribution < 1.29 is 5.11 Å². The van der Waals surface area contributed by atoms with Crippen LogP contribution in [0.15, 0.2) is 4.99 Å². The van der Waals surface area contributed by atoms with Gasteiger partial charge in [-0.05, 0) is 38.5 Å². The van der Waals surface area contributed by atoms with Gasteiger partial charge in [0.2, 0.25) is 0 Å². The van der Waals surface area contributed by atoms with Crippen LogP contribution in [0.25, 0.3) is 0 Å². The smallest absolute Gasteiger partial charge is 0.191 e. The molecule has 1 aliphatic carbocycles. The molecule has 0 bridgehead atoms. The van der Waals surface area contributed by atoms with Crippen LogP contribution in [0.1, 0.15) is 52.4 Å². The SMILES string of the molecule is CCCC1CCC(NC(=NCCO)NCC)CC1. The van der Waals surface area contributed by atoms with Crippen molar-refractivity contribution in [3.8, 4) is 0 Å². The van der Waals surface area contributed by atoms with Crippen LogP contribution in [0.5, 0.6) is 0 Å². The van der Waals surface area contributed by atoms with Crippen molar-refractivity contribution in [2.45, 2.75) is 58.4 Å². The minimum Gasteiger partial charge on any atom is -0.394 e. The van der Waals surface area contributed by atoms with E-state index in [-0.39, 0.29) is 6.61 Å². The zero-order chi connectivity index (χ0) is 13.2. The molecule has 3 N–H and O–H groups in total. The molecule has 1 saturated carbocycles. The van der Waals surface area contributed by atoms with Crippen molar-refractivity contribution in [1.29, 1.82) is 0 Å². The van der Waals surface area contributed by atoms with Crippen LogP contribution in [-0.2, 0) is 0 Å². The zero-order valence-corrected chi connectivity index (χ0v) is 11.9. The van der Waals surface area contributed by atoms with Gasteiger partial charge in [-0.15, -0.1) is 0 Å². The van der Waals surface area contributed by atoms with Gasteiger partial charge in [0, 0.05) is 12.6 Å². The van der Waals surface area contributed by atoms with Crippen molar-refractivity contribution in [2.24, 2.45) is 10.9 Å². The Bertz CT molecular complexity index is 235. The van der Waals surface area contributed by atoms with Gasteiger partial charge in [0.05, 0.1) is 13.2 Å². The molecule has 0 amide bonds. The van der Waals surface area contributed by atoms with Gasteiger partial charge in [-0.2, -0.15) is 0 Å². The van der Waals surface area contributed by atoms with E-state index in [1.165, 1.54) is 38.5 Å². The maximum absolute atomic E-state index is 8.82. The highest BCUT2D eigenvalue weighted by atomic mass is 16.3. The minimum absolute atomic E-state index is 0.111. The highest BCUT2D eigenvalue weighted by molar-refractivity contribution is 5.80. The second-order valence-corrected chi connectivity index (χ2v) is 5.13. The Balaban J connectivity index is 2.32. The summed E-state index contributed by atoms with van der Waals surface area (Å²) in [7, 11) is 0. The highest BCUT2D eigenvalue weighted by Crippen LogP contribution is 2.27. The Morgan fingerprint density at radius 2 is 1.94 bits per heavy atom. The van der Waals surface area contributed by atoms with E-state index in [9.17, 15) is 0 Å². The largest absolute Gasteiger partial charge is 0.394 e. The van der Waals surface area contributed by atoms with E-state index in [0.29, 0.717) is 12.6 Å². The third kappa shape index (κ3) is 5.71. The second kappa shape index (κ2) is 9.20. The summed E-state index contributed by atoms with van der Waals surface area (Å²) in [5.41, 5.74) is 0. The first kappa shape index (κ1) is 15.3. The zero-order valence-electron chi connectivity index (χ0n) is 11.9. The number of aliphatic imine (C=N–C) groups is 1. The summed E-state index contributed by atoms with van der Waals surface area (Å²) < 4.78 is 0. The lowest BCUT2D eigenvalue weighted by Gasteiger charge is -2.30. The summed E-state index contributed by atoms with van der Waals surface area (Å²) in [6, 6.07) is 0.551. The lowest BCUT2D eigenvalue weighted by atomic mass is 9.83. The van der Waals surface area contributed by atoms with E-state index >= 15 is 0 Å². The van der Waals surface area contributed by atoms with E-state index in [0.717, 1.165) is 18.4 Å². The standard InChI is InChI=1S/C14H29N3O/c1-3-5-12-6-8-13(9-7-12)17-14(15-4-2)16-10-11-18/h12-13,18H,3-11H2,1-2H3,(H2,15,16,17). The van der Waals surface area contributed by atoms with Gasteiger partial charge >= 0.3 is 0 Å². The van der Waals surface area contributed by atoms with E-state index in [4.69, 9.17) is 5.11 Å². The number of aliphatic hydroxyl groups excluding tert-OH is 1. The number of rotatable bonds is 6. The Kier molecular flexibility index (Phi) is 7.81. The number of nitrogens with one attached hydrogen (secondary N) is 2. The van der Waals surface area contributed by atoms with Crippen LogP contribution in [0.4, 0.5) is 0 Å². The maximum Gasteiger partial charge on any atom is 0.191 e. The molecule has 4 heteroatoms. The van der Waals surface area contributed by atoms with Crippen LogP contribution in [0, 0.1) is 5.92 Å². The average Bonchev–Trinajstić information content (AvgIpc) is 2.39. The summed E-state index contributed by atoms with van der Waals surface area (Å²) in [4.78, 5) is 4.33. The topological polar surface area (TPSA) is 56.7 Å². The molecule has 0 spiro atoms. The number of guanidine groups is 1.